The average Bonchev–Trinajstić information content (AvgIpc) is 3.07. The van der Waals surface area contributed by atoms with Gasteiger partial charge in [-0.25, -0.2) is 8.42 Å². The first-order valence-electron chi connectivity index (χ1n) is 9.31. The number of nitrogens with zero attached hydrogens (tertiary/aromatic N) is 1. The molecule has 0 spiro atoms. The fourth-order valence-corrected chi connectivity index (χ4v) is 4.54. The van der Waals surface area contributed by atoms with Crippen LogP contribution in [0.3, 0.4) is 0 Å². The molecule has 2 aromatic rings. The van der Waals surface area contributed by atoms with Crippen LogP contribution < -0.4 is 14.4 Å². The number of carbonyl (C=O) groups excluding carboxylic acids is 1. The highest BCUT2D eigenvalue weighted by molar-refractivity contribution is 7.94. The molecule has 0 saturated carbocycles. The van der Waals surface area contributed by atoms with Gasteiger partial charge in [-0.2, -0.15) is 0 Å². The molecule has 1 atom stereocenters. The van der Waals surface area contributed by atoms with Crippen LogP contribution in [-0.2, 0) is 9.84 Å². The third kappa shape index (κ3) is 4.62. The van der Waals surface area contributed by atoms with E-state index in [0.29, 0.717) is 28.7 Å². The Bertz CT molecular complexity index is 1000. The van der Waals surface area contributed by atoms with E-state index in [9.17, 15) is 13.2 Å². The Balaban J connectivity index is 2.05. The minimum absolute atomic E-state index is 0.147. The van der Waals surface area contributed by atoms with Crippen LogP contribution in [0, 0.1) is 0 Å². The summed E-state index contributed by atoms with van der Waals surface area (Å²) in [5.41, 5.74) is 2.12. The average molecular weight is 416 g/mol. The second-order valence-corrected chi connectivity index (χ2v) is 9.18. The molecule has 0 N–H and O–H groups in total. The van der Waals surface area contributed by atoms with Crippen molar-refractivity contribution in [2.75, 3.05) is 24.9 Å². The van der Waals surface area contributed by atoms with E-state index in [0.717, 1.165) is 5.56 Å². The SMILES string of the molecule is COc1cc(OC)cc(C(=O)N(c2ccc(C(C)C)cc2)[C@@H]2C=CS(=O)(=O)C2)c1. The number of ether oxygens (including phenoxy) is 2. The molecule has 0 fully saturated rings. The molecule has 1 heterocycles. The van der Waals surface area contributed by atoms with Gasteiger partial charge in [-0.15, -0.1) is 0 Å². The number of amides is 1. The van der Waals surface area contributed by atoms with Gasteiger partial charge in [-0.1, -0.05) is 26.0 Å². The van der Waals surface area contributed by atoms with Gasteiger partial charge in [0.05, 0.1) is 26.0 Å². The first kappa shape index (κ1) is 20.9. The molecule has 0 aromatic heterocycles. The van der Waals surface area contributed by atoms with Crippen molar-refractivity contribution in [1.82, 2.24) is 0 Å². The van der Waals surface area contributed by atoms with Crippen LogP contribution >= 0.6 is 0 Å². The Labute approximate surface area is 171 Å². The maximum atomic E-state index is 13.5. The van der Waals surface area contributed by atoms with Crippen LogP contribution in [0.15, 0.2) is 53.9 Å². The number of hydrogen-bond donors (Lipinski definition) is 0. The monoisotopic (exact) mass is 415 g/mol. The minimum atomic E-state index is -3.34. The Hall–Kier alpha value is -2.80. The normalized spacial score (nSPS) is 17.3. The molecule has 0 bridgehead atoms. The molecule has 0 radical (unpaired) electrons. The van der Waals surface area contributed by atoms with Gasteiger partial charge in [-0.05, 0) is 41.8 Å². The van der Waals surface area contributed by atoms with Crippen molar-refractivity contribution in [2.24, 2.45) is 0 Å². The summed E-state index contributed by atoms with van der Waals surface area (Å²) in [7, 11) is -0.312. The van der Waals surface area contributed by atoms with Crippen molar-refractivity contribution in [3.63, 3.8) is 0 Å². The zero-order chi connectivity index (χ0) is 21.2. The quantitative estimate of drug-likeness (QED) is 0.718. The number of benzene rings is 2. The highest BCUT2D eigenvalue weighted by Gasteiger charge is 2.32. The molecule has 2 aromatic carbocycles. The van der Waals surface area contributed by atoms with Crippen LogP contribution in [0.5, 0.6) is 11.5 Å². The van der Waals surface area contributed by atoms with Crippen LogP contribution in [0.2, 0.25) is 0 Å². The van der Waals surface area contributed by atoms with Crippen molar-refractivity contribution >= 4 is 21.4 Å². The predicted molar refractivity (Wildman–Crippen MR) is 114 cm³/mol. The highest BCUT2D eigenvalue weighted by atomic mass is 32.2. The number of carbonyl (C=O) groups is 1. The molecule has 6 nitrogen and oxygen atoms in total. The molecule has 1 aliphatic heterocycles. The zero-order valence-corrected chi connectivity index (χ0v) is 17.8. The van der Waals surface area contributed by atoms with Gasteiger partial charge in [0.25, 0.3) is 5.91 Å². The Morgan fingerprint density at radius 1 is 1.03 bits per heavy atom. The van der Waals surface area contributed by atoms with E-state index in [1.54, 1.807) is 24.3 Å². The number of methoxy groups -OCH3 is 2. The smallest absolute Gasteiger partial charge is 0.259 e. The molecule has 7 heteroatoms. The van der Waals surface area contributed by atoms with Gasteiger partial charge >= 0.3 is 0 Å². The van der Waals surface area contributed by atoms with E-state index < -0.39 is 15.9 Å². The lowest BCUT2D eigenvalue weighted by atomic mass is 10.0. The third-order valence-electron chi connectivity index (χ3n) is 4.90. The van der Waals surface area contributed by atoms with Gasteiger partial charge < -0.3 is 14.4 Å². The summed E-state index contributed by atoms with van der Waals surface area (Å²) in [5.74, 6) is 0.842. The van der Waals surface area contributed by atoms with E-state index >= 15 is 0 Å². The lowest BCUT2D eigenvalue weighted by Gasteiger charge is -2.28. The fourth-order valence-electron chi connectivity index (χ4n) is 3.27. The van der Waals surface area contributed by atoms with Gasteiger partial charge in [0.15, 0.2) is 9.84 Å². The Morgan fingerprint density at radius 2 is 1.62 bits per heavy atom. The summed E-state index contributed by atoms with van der Waals surface area (Å²) in [6.45, 7) is 4.18. The maximum absolute atomic E-state index is 13.5. The van der Waals surface area contributed by atoms with Crippen molar-refractivity contribution in [1.29, 1.82) is 0 Å². The van der Waals surface area contributed by atoms with Gasteiger partial charge in [0.2, 0.25) is 0 Å². The van der Waals surface area contributed by atoms with Crippen molar-refractivity contribution in [3.05, 3.63) is 65.1 Å². The van der Waals surface area contributed by atoms with Crippen LogP contribution in [0.4, 0.5) is 5.69 Å². The standard InChI is InChI=1S/C22H25NO5S/c1-15(2)16-5-7-18(8-6-16)23(19-9-10-29(25,26)14-19)22(24)17-11-20(27-3)13-21(12-17)28-4/h5-13,15,19H,14H2,1-4H3/t19-/m1/s1. The first-order valence-corrected chi connectivity index (χ1v) is 11.0. The van der Waals surface area contributed by atoms with E-state index in [2.05, 4.69) is 13.8 Å². The topological polar surface area (TPSA) is 72.9 Å². The van der Waals surface area contributed by atoms with Gasteiger partial charge in [-0.3, -0.25) is 4.79 Å². The van der Waals surface area contributed by atoms with E-state index in [1.807, 2.05) is 24.3 Å². The summed E-state index contributed by atoms with van der Waals surface area (Å²) >= 11 is 0. The summed E-state index contributed by atoms with van der Waals surface area (Å²) in [6, 6.07) is 11.9. The minimum Gasteiger partial charge on any atom is -0.497 e. The molecule has 0 aliphatic carbocycles. The highest BCUT2D eigenvalue weighted by Crippen LogP contribution is 2.29. The maximum Gasteiger partial charge on any atom is 0.259 e. The molecule has 0 saturated heterocycles. The van der Waals surface area contributed by atoms with Crippen LogP contribution in [0.1, 0.15) is 35.7 Å². The van der Waals surface area contributed by atoms with Crippen LogP contribution in [0.25, 0.3) is 0 Å². The van der Waals surface area contributed by atoms with Gasteiger partial charge in [0.1, 0.15) is 11.5 Å². The van der Waals surface area contributed by atoms with E-state index in [1.165, 1.54) is 24.5 Å². The summed E-state index contributed by atoms with van der Waals surface area (Å²) in [4.78, 5) is 15.0. The lowest BCUT2D eigenvalue weighted by molar-refractivity contribution is 0.0982. The third-order valence-corrected chi connectivity index (χ3v) is 6.28. The number of anilines is 1. The second kappa shape index (κ2) is 8.29. The summed E-state index contributed by atoms with van der Waals surface area (Å²) in [5, 5.41) is 1.17. The van der Waals surface area contributed by atoms with Crippen molar-refractivity contribution < 1.29 is 22.7 Å². The predicted octanol–water partition coefficient (Wildman–Crippen LogP) is 3.78. The summed E-state index contributed by atoms with van der Waals surface area (Å²) < 4.78 is 34.6. The Kier molecular flexibility index (Phi) is 5.98. The number of sulfone groups is 1. The molecule has 1 aliphatic rings. The van der Waals surface area contributed by atoms with Crippen molar-refractivity contribution in [2.45, 2.75) is 25.8 Å². The molecular formula is C22H25NO5S. The van der Waals surface area contributed by atoms with E-state index in [4.69, 9.17) is 9.47 Å². The largest absolute Gasteiger partial charge is 0.497 e. The van der Waals surface area contributed by atoms with Crippen molar-refractivity contribution in [3.8, 4) is 11.5 Å². The summed E-state index contributed by atoms with van der Waals surface area (Å²) in [6.07, 6.45) is 1.56. The zero-order valence-electron chi connectivity index (χ0n) is 17.0. The number of hydrogen-bond acceptors (Lipinski definition) is 5. The fraction of sp³-hybridized carbons (Fsp3) is 0.318. The van der Waals surface area contributed by atoms with Gasteiger partial charge in [0, 0.05) is 22.7 Å². The molecule has 0 unspecified atom stereocenters. The van der Waals surface area contributed by atoms with Crippen LogP contribution in [-0.4, -0.2) is 40.3 Å². The molecule has 3 rings (SSSR count). The Morgan fingerprint density at radius 3 is 2.07 bits per heavy atom. The first-order chi connectivity index (χ1) is 13.7. The molecule has 154 valence electrons. The van der Waals surface area contributed by atoms with E-state index in [-0.39, 0.29) is 11.7 Å². The molecule has 1 amide bonds. The second-order valence-electron chi connectivity index (χ2n) is 7.25. The number of rotatable bonds is 6. The lowest BCUT2D eigenvalue weighted by Crippen LogP contribution is -2.41. The molecular weight excluding hydrogens is 390 g/mol. The molecule has 29 heavy (non-hydrogen) atoms.